The summed E-state index contributed by atoms with van der Waals surface area (Å²) in [6.45, 7) is 2.00. The van der Waals surface area contributed by atoms with Gasteiger partial charge in [-0.15, -0.1) is 0 Å². The number of hydrogen-bond donors (Lipinski definition) is 1. The van der Waals surface area contributed by atoms with Gasteiger partial charge in [-0.1, -0.05) is 25.1 Å². The quantitative estimate of drug-likeness (QED) is 0.817. The number of nitriles is 1. The Labute approximate surface area is 105 Å². The Morgan fingerprint density at radius 1 is 1.17 bits per heavy atom. The molecule has 0 aliphatic carbocycles. The van der Waals surface area contributed by atoms with E-state index in [9.17, 15) is 4.39 Å². The van der Waals surface area contributed by atoms with Crippen LogP contribution in [0.15, 0.2) is 42.5 Å². The predicted octanol–water partition coefficient (Wildman–Crippen LogP) is 3.43. The lowest BCUT2D eigenvalue weighted by atomic mass is 9.92. The molecule has 0 aliphatic rings. The molecule has 2 N–H and O–H groups in total. The fourth-order valence-electron chi connectivity index (χ4n) is 1.90. The minimum Gasteiger partial charge on any atom is -0.396 e. The van der Waals surface area contributed by atoms with Crippen LogP contribution >= 0.6 is 0 Å². The van der Waals surface area contributed by atoms with Crippen molar-refractivity contribution in [1.82, 2.24) is 0 Å². The van der Waals surface area contributed by atoms with Crippen molar-refractivity contribution in [2.24, 2.45) is 0 Å². The van der Waals surface area contributed by atoms with Crippen LogP contribution in [0.25, 0.3) is 0 Å². The molecule has 0 spiro atoms. The smallest absolute Gasteiger partial charge is 0.146 e. The third-order valence-electron chi connectivity index (χ3n) is 3.04. The van der Waals surface area contributed by atoms with E-state index >= 15 is 0 Å². The first-order valence-corrected chi connectivity index (χ1v) is 5.67. The molecule has 90 valence electrons. The summed E-state index contributed by atoms with van der Waals surface area (Å²) in [6.07, 6.45) is 0. The lowest BCUT2D eigenvalue weighted by Gasteiger charge is -2.13. The zero-order chi connectivity index (χ0) is 13.1. The van der Waals surface area contributed by atoms with Gasteiger partial charge in [0.2, 0.25) is 0 Å². The van der Waals surface area contributed by atoms with E-state index in [0.717, 1.165) is 11.1 Å². The first-order chi connectivity index (χ1) is 8.61. The van der Waals surface area contributed by atoms with Crippen molar-refractivity contribution in [3.05, 3.63) is 65.0 Å². The van der Waals surface area contributed by atoms with Gasteiger partial charge < -0.3 is 5.73 Å². The fraction of sp³-hybridized carbons (Fsp3) is 0.133. The van der Waals surface area contributed by atoms with Crippen LogP contribution in [0.1, 0.15) is 29.5 Å². The first-order valence-electron chi connectivity index (χ1n) is 5.67. The molecule has 2 aromatic carbocycles. The Hall–Kier alpha value is -2.34. The molecule has 0 aliphatic heterocycles. The van der Waals surface area contributed by atoms with Crippen molar-refractivity contribution in [1.29, 1.82) is 5.26 Å². The van der Waals surface area contributed by atoms with Gasteiger partial charge in [0.1, 0.15) is 5.82 Å². The zero-order valence-corrected chi connectivity index (χ0v) is 10.0. The maximum atomic E-state index is 13.1. The Balaban J connectivity index is 2.38. The highest BCUT2D eigenvalue weighted by Gasteiger charge is 2.10. The van der Waals surface area contributed by atoms with E-state index in [4.69, 9.17) is 11.0 Å². The van der Waals surface area contributed by atoms with E-state index in [-0.39, 0.29) is 11.6 Å². The third kappa shape index (κ3) is 2.33. The van der Waals surface area contributed by atoms with E-state index in [1.54, 1.807) is 18.2 Å². The van der Waals surface area contributed by atoms with Crippen molar-refractivity contribution in [3.8, 4) is 6.07 Å². The SMILES string of the molecule is C[C@H](c1cccc(C#N)c1)c1ccc(F)c(N)c1. The molecule has 0 fully saturated rings. The summed E-state index contributed by atoms with van der Waals surface area (Å²) in [4.78, 5) is 0. The van der Waals surface area contributed by atoms with E-state index < -0.39 is 5.82 Å². The van der Waals surface area contributed by atoms with Crippen LogP contribution in [-0.2, 0) is 0 Å². The number of hydrogen-bond acceptors (Lipinski definition) is 2. The average molecular weight is 240 g/mol. The molecule has 0 radical (unpaired) electrons. The first kappa shape index (κ1) is 12.1. The second-order valence-electron chi connectivity index (χ2n) is 4.24. The third-order valence-corrected chi connectivity index (χ3v) is 3.04. The van der Waals surface area contributed by atoms with E-state index in [1.807, 2.05) is 25.1 Å². The van der Waals surface area contributed by atoms with Crippen LogP contribution in [0.4, 0.5) is 10.1 Å². The predicted molar refractivity (Wildman–Crippen MR) is 69.5 cm³/mol. The second kappa shape index (κ2) is 4.89. The molecule has 0 heterocycles. The van der Waals surface area contributed by atoms with Gasteiger partial charge in [-0.2, -0.15) is 5.26 Å². The van der Waals surface area contributed by atoms with Crippen LogP contribution in [-0.4, -0.2) is 0 Å². The molecule has 2 aromatic rings. The van der Waals surface area contributed by atoms with Gasteiger partial charge in [0.05, 0.1) is 17.3 Å². The molecule has 0 amide bonds. The molecule has 2 rings (SSSR count). The largest absolute Gasteiger partial charge is 0.396 e. The van der Waals surface area contributed by atoms with Gasteiger partial charge in [-0.05, 0) is 35.4 Å². The minimum atomic E-state index is -0.406. The number of nitrogen functional groups attached to an aromatic ring is 1. The summed E-state index contributed by atoms with van der Waals surface area (Å²) in [7, 11) is 0. The maximum Gasteiger partial charge on any atom is 0.146 e. The molecule has 0 aromatic heterocycles. The number of halogens is 1. The molecule has 0 saturated heterocycles. The van der Waals surface area contributed by atoms with Crippen molar-refractivity contribution < 1.29 is 4.39 Å². The topological polar surface area (TPSA) is 49.8 Å². The molecular formula is C15H13FN2. The Morgan fingerprint density at radius 3 is 2.56 bits per heavy atom. The van der Waals surface area contributed by atoms with E-state index in [1.165, 1.54) is 6.07 Å². The lowest BCUT2D eigenvalue weighted by molar-refractivity contribution is 0.631. The van der Waals surface area contributed by atoms with Gasteiger partial charge in [-0.3, -0.25) is 0 Å². The van der Waals surface area contributed by atoms with Gasteiger partial charge in [0.15, 0.2) is 0 Å². The highest BCUT2D eigenvalue weighted by molar-refractivity contribution is 5.46. The van der Waals surface area contributed by atoms with Crippen molar-refractivity contribution in [2.45, 2.75) is 12.8 Å². The number of anilines is 1. The summed E-state index contributed by atoms with van der Waals surface area (Å²) in [5.41, 5.74) is 8.28. The average Bonchev–Trinajstić information content (AvgIpc) is 2.41. The molecule has 2 nitrogen and oxygen atoms in total. The minimum absolute atomic E-state index is 0.0706. The highest BCUT2D eigenvalue weighted by Crippen LogP contribution is 2.26. The molecule has 1 atom stereocenters. The lowest BCUT2D eigenvalue weighted by Crippen LogP contribution is -1.99. The van der Waals surface area contributed by atoms with Crippen LogP contribution in [0, 0.1) is 17.1 Å². The van der Waals surface area contributed by atoms with E-state index in [2.05, 4.69) is 6.07 Å². The summed E-state index contributed by atoms with van der Waals surface area (Å²) in [5, 5.41) is 8.88. The number of nitrogens with zero attached hydrogens (tertiary/aromatic N) is 1. The Bertz CT molecular complexity index is 614. The van der Waals surface area contributed by atoms with E-state index in [0.29, 0.717) is 5.56 Å². The molecule has 0 saturated carbocycles. The van der Waals surface area contributed by atoms with Crippen LogP contribution in [0.2, 0.25) is 0 Å². The van der Waals surface area contributed by atoms with Gasteiger partial charge in [-0.25, -0.2) is 4.39 Å². The molecule has 0 bridgehead atoms. The Morgan fingerprint density at radius 2 is 1.89 bits per heavy atom. The monoisotopic (exact) mass is 240 g/mol. The molecule has 0 unspecified atom stereocenters. The summed E-state index contributed by atoms with van der Waals surface area (Å²) in [6, 6.07) is 14.2. The number of nitrogens with two attached hydrogens (primary N) is 1. The number of benzene rings is 2. The zero-order valence-electron chi connectivity index (χ0n) is 10.0. The van der Waals surface area contributed by atoms with Crippen LogP contribution in [0.3, 0.4) is 0 Å². The second-order valence-corrected chi connectivity index (χ2v) is 4.24. The summed E-state index contributed by atoms with van der Waals surface area (Å²) >= 11 is 0. The van der Waals surface area contributed by atoms with Crippen molar-refractivity contribution >= 4 is 5.69 Å². The normalized spacial score (nSPS) is 11.8. The summed E-state index contributed by atoms with van der Waals surface area (Å²) < 4.78 is 13.1. The summed E-state index contributed by atoms with van der Waals surface area (Å²) in [5.74, 6) is -0.335. The fourth-order valence-corrected chi connectivity index (χ4v) is 1.90. The van der Waals surface area contributed by atoms with Gasteiger partial charge in [0, 0.05) is 5.92 Å². The highest BCUT2D eigenvalue weighted by atomic mass is 19.1. The standard InChI is InChI=1S/C15H13FN2/c1-10(12-4-2-3-11(7-12)9-17)13-5-6-14(16)15(18)8-13/h2-8,10H,18H2,1H3/t10-/m1/s1. The molecule has 18 heavy (non-hydrogen) atoms. The van der Waals surface area contributed by atoms with Crippen molar-refractivity contribution in [2.75, 3.05) is 5.73 Å². The number of rotatable bonds is 2. The maximum absolute atomic E-state index is 13.1. The van der Waals surface area contributed by atoms with Crippen LogP contribution < -0.4 is 5.73 Å². The van der Waals surface area contributed by atoms with Gasteiger partial charge in [0.25, 0.3) is 0 Å². The van der Waals surface area contributed by atoms with Crippen molar-refractivity contribution in [3.63, 3.8) is 0 Å². The van der Waals surface area contributed by atoms with Crippen LogP contribution in [0.5, 0.6) is 0 Å². The molecular weight excluding hydrogens is 227 g/mol. The Kier molecular flexibility index (Phi) is 3.29. The molecule has 3 heteroatoms. The van der Waals surface area contributed by atoms with Gasteiger partial charge >= 0.3 is 0 Å².